The molecule has 0 aliphatic carbocycles. The summed E-state index contributed by atoms with van der Waals surface area (Å²) in [4.78, 5) is 11.9. The first-order valence-electron chi connectivity index (χ1n) is 4.96. The number of thiophene rings is 1. The van der Waals surface area contributed by atoms with Crippen molar-refractivity contribution in [3.8, 4) is 0 Å². The van der Waals surface area contributed by atoms with E-state index in [0.717, 1.165) is 0 Å². The molecule has 3 rings (SSSR count). The molecule has 3 heterocycles. The molecule has 1 N–H and O–H groups in total. The normalized spacial score (nSPS) is 10.6. The van der Waals surface area contributed by atoms with Crippen LogP contribution in [0.1, 0.15) is 10.4 Å². The van der Waals surface area contributed by atoms with Crippen LogP contribution in [0.2, 0.25) is 0 Å². The smallest absolute Gasteiger partial charge is 0.256 e. The predicted molar refractivity (Wildman–Crippen MR) is 65.3 cm³/mol. The standard InChI is InChI=1S/C11H8N4OS/c16-11(8-3-5-17-6-8)13-9-2-1-4-15-7-12-14-10(9)15/h1-7H,(H,13,16). The zero-order valence-electron chi connectivity index (χ0n) is 8.70. The molecule has 0 bridgehead atoms. The molecule has 3 aromatic rings. The van der Waals surface area contributed by atoms with Gasteiger partial charge in [-0.2, -0.15) is 11.3 Å². The molecule has 0 aliphatic rings. The summed E-state index contributed by atoms with van der Waals surface area (Å²) in [7, 11) is 0. The van der Waals surface area contributed by atoms with Crippen LogP contribution in [0.15, 0.2) is 41.5 Å². The van der Waals surface area contributed by atoms with Crippen molar-refractivity contribution in [3.05, 3.63) is 47.0 Å². The Kier molecular flexibility index (Phi) is 2.34. The molecule has 0 spiro atoms. The van der Waals surface area contributed by atoms with Crippen LogP contribution in [-0.4, -0.2) is 20.5 Å². The van der Waals surface area contributed by atoms with Crippen LogP contribution >= 0.6 is 11.3 Å². The monoisotopic (exact) mass is 244 g/mol. The van der Waals surface area contributed by atoms with Gasteiger partial charge >= 0.3 is 0 Å². The summed E-state index contributed by atoms with van der Waals surface area (Å²) in [6.07, 6.45) is 3.42. The highest BCUT2D eigenvalue weighted by molar-refractivity contribution is 7.08. The second-order valence-electron chi connectivity index (χ2n) is 3.45. The van der Waals surface area contributed by atoms with Crippen molar-refractivity contribution < 1.29 is 4.79 Å². The molecule has 3 aromatic heterocycles. The largest absolute Gasteiger partial charge is 0.319 e. The highest BCUT2D eigenvalue weighted by Crippen LogP contribution is 2.15. The first-order valence-corrected chi connectivity index (χ1v) is 5.91. The summed E-state index contributed by atoms with van der Waals surface area (Å²) in [6, 6.07) is 5.41. The van der Waals surface area contributed by atoms with E-state index in [0.29, 0.717) is 16.9 Å². The van der Waals surface area contributed by atoms with E-state index in [2.05, 4.69) is 15.5 Å². The van der Waals surface area contributed by atoms with Crippen molar-refractivity contribution in [2.75, 3.05) is 5.32 Å². The van der Waals surface area contributed by atoms with E-state index in [1.165, 1.54) is 11.3 Å². The van der Waals surface area contributed by atoms with Crippen LogP contribution in [0.3, 0.4) is 0 Å². The summed E-state index contributed by atoms with van der Waals surface area (Å²) in [6.45, 7) is 0. The van der Waals surface area contributed by atoms with Crippen LogP contribution in [0, 0.1) is 0 Å². The van der Waals surface area contributed by atoms with E-state index < -0.39 is 0 Å². The Morgan fingerprint density at radius 3 is 3.18 bits per heavy atom. The number of aromatic nitrogens is 3. The van der Waals surface area contributed by atoms with Crippen molar-refractivity contribution >= 4 is 28.6 Å². The fraction of sp³-hybridized carbons (Fsp3) is 0. The molecule has 0 saturated heterocycles. The van der Waals surface area contributed by atoms with Gasteiger partial charge in [0.05, 0.1) is 11.3 Å². The topological polar surface area (TPSA) is 59.3 Å². The Balaban J connectivity index is 1.95. The van der Waals surface area contributed by atoms with E-state index in [1.54, 1.807) is 28.2 Å². The maximum atomic E-state index is 11.9. The van der Waals surface area contributed by atoms with Gasteiger partial charge in [-0.25, -0.2) is 0 Å². The lowest BCUT2D eigenvalue weighted by atomic mass is 10.3. The molecule has 6 heteroatoms. The van der Waals surface area contributed by atoms with Crippen molar-refractivity contribution in [1.29, 1.82) is 0 Å². The molecule has 0 aliphatic heterocycles. The Bertz CT molecular complexity index is 659. The summed E-state index contributed by atoms with van der Waals surface area (Å²) in [5.74, 6) is -0.137. The van der Waals surface area contributed by atoms with Gasteiger partial charge in [-0.05, 0) is 23.6 Å². The highest BCUT2D eigenvalue weighted by atomic mass is 32.1. The third-order valence-electron chi connectivity index (χ3n) is 2.36. The number of nitrogens with zero attached hydrogens (tertiary/aromatic N) is 3. The number of hydrogen-bond acceptors (Lipinski definition) is 4. The van der Waals surface area contributed by atoms with Gasteiger partial charge in [0.1, 0.15) is 6.33 Å². The SMILES string of the molecule is O=C(Nc1cccn2cnnc12)c1ccsc1. The number of fused-ring (bicyclic) bond motifs is 1. The van der Waals surface area contributed by atoms with E-state index in [4.69, 9.17) is 0 Å². The minimum absolute atomic E-state index is 0.137. The maximum absolute atomic E-state index is 11.9. The number of carbonyl (C=O) groups excluding carboxylic acids is 1. The molecule has 84 valence electrons. The lowest BCUT2D eigenvalue weighted by Crippen LogP contribution is -2.11. The fourth-order valence-electron chi connectivity index (χ4n) is 1.54. The summed E-state index contributed by atoms with van der Waals surface area (Å²) in [5, 5.41) is 14.2. The number of amides is 1. The third-order valence-corrected chi connectivity index (χ3v) is 3.04. The highest BCUT2D eigenvalue weighted by Gasteiger charge is 2.09. The number of rotatable bonds is 2. The number of carbonyl (C=O) groups is 1. The molecule has 1 amide bonds. The van der Waals surface area contributed by atoms with E-state index in [-0.39, 0.29) is 5.91 Å². The number of hydrogen-bond donors (Lipinski definition) is 1. The van der Waals surface area contributed by atoms with Crippen LogP contribution < -0.4 is 5.32 Å². The third kappa shape index (κ3) is 1.78. The van der Waals surface area contributed by atoms with Crippen molar-refractivity contribution in [3.63, 3.8) is 0 Å². The second-order valence-corrected chi connectivity index (χ2v) is 4.23. The molecule has 17 heavy (non-hydrogen) atoms. The van der Waals surface area contributed by atoms with Crippen molar-refractivity contribution in [2.24, 2.45) is 0 Å². The first-order chi connectivity index (χ1) is 8.34. The Hall–Kier alpha value is -2.21. The number of anilines is 1. The number of nitrogens with one attached hydrogen (secondary N) is 1. The molecule has 0 aromatic carbocycles. The van der Waals surface area contributed by atoms with Gasteiger partial charge in [-0.3, -0.25) is 9.20 Å². The Morgan fingerprint density at radius 2 is 2.35 bits per heavy atom. The lowest BCUT2D eigenvalue weighted by Gasteiger charge is -2.04. The van der Waals surface area contributed by atoms with E-state index >= 15 is 0 Å². The molecular formula is C11H8N4OS. The second kappa shape index (κ2) is 3.99. The quantitative estimate of drug-likeness (QED) is 0.750. The van der Waals surface area contributed by atoms with Gasteiger partial charge < -0.3 is 5.32 Å². The molecule has 0 fully saturated rings. The van der Waals surface area contributed by atoms with Crippen molar-refractivity contribution in [1.82, 2.24) is 14.6 Å². The molecule has 0 radical (unpaired) electrons. The van der Waals surface area contributed by atoms with Crippen LogP contribution in [-0.2, 0) is 0 Å². The van der Waals surface area contributed by atoms with Gasteiger partial charge in [-0.1, -0.05) is 0 Å². The summed E-state index contributed by atoms with van der Waals surface area (Å²) in [5.41, 5.74) is 1.94. The zero-order chi connectivity index (χ0) is 11.7. The molecule has 0 atom stereocenters. The maximum Gasteiger partial charge on any atom is 0.256 e. The lowest BCUT2D eigenvalue weighted by molar-refractivity contribution is 0.102. The Labute approximate surface area is 101 Å². The predicted octanol–water partition coefficient (Wildman–Crippen LogP) is 2.04. The molecule has 0 saturated carbocycles. The minimum atomic E-state index is -0.137. The molecule has 0 unspecified atom stereocenters. The van der Waals surface area contributed by atoms with Gasteiger partial charge in [0.2, 0.25) is 0 Å². The van der Waals surface area contributed by atoms with E-state index in [9.17, 15) is 4.79 Å². The van der Waals surface area contributed by atoms with Gasteiger partial charge in [0.25, 0.3) is 5.91 Å². The average molecular weight is 244 g/mol. The first kappa shape index (κ1) is 9.98. The number of pyridine rings is 1. The van der Waals surface area contributed by atoms with E-state index in [1.807, 2.05) is 17.6 Å². The van der Waals surface area contributed by atoms with Crippen molar-refractivity contribution in [2.45, 2.75) is 0 Å². The average Bonchev–Trinajstić information content (AvgIpc) is 3.00. The van der Waals surface area contributed by atoms with Gasteiger partial charge in [0.15, 0.2) is 5.65 Å². The minimum Gasteiger partial charge on any atom is -0.319 e. The zero-order valence-corrected chi connectivity index (χ0v) is 9.52. The molecular weight excluding hydrogens is 236 g/mol. The summed E-state index contributed by atoms with van der Waals surface area (Å²) >= 11 is 1.49. The van der Waals surface area contributed by atoms with Crippen LogP contribution in [0.25, 0.3) is 5.65 Å². The van der Waals surface area contributed by atoms with Crippen LogP contribution in [0.5, 0.6) is 0 Å². The Morgan fingerprint density at radius 1 is 1.41 bits per heavy atom. The molecule has 5 nitrogen and oxygen atoms in total. The van der Waals surface area contributed by atoms with Gasteiger partial charge in [-0.15, -0.1) is 10.2 Å². The van der Waals surface area contributed by atoms with Crippen LogP contribution in [0.4, 0.5) is 5.69 Å². The summed E-state index contributed by atoms with van der Waals surface area (Å²) < 4.78 is 1.75. The van der Waals surface area contributed by atoms with Gasteiger partial charge in [0, 0.05) is 11.6 Å². The fourth-order valence-corrected chi connectivity index (χ4v) is 2.17.